The van der Waals surface area contributed by atoms with Crippen LogP contribution in [0.25, 0.3) is 0 Å². The maximum absolute atomic E-state index is 12.7. The summed E-state index contributed by atoms with van der Waals surface area (Å²) in [6.07, 6.45) is 1.94. The van der Waals surface area contributed by atoms with Gasteiger partial charge < -0.3 is 10.6 Å². The molecule has 1 aliphatic rings. The van der Waals surface area contributed by atoms with Gasteiger partial charge in [-0.3, -0.25) is 4.79 Å². The normalized spacial score (nSPS) is 20.5. The molecule has 5 nitrogen and oxygen atoms in total. The third-order valence-corrected chi connectivity index (χ3v) is 6.42. The first-order valence-electron chi connectivity index (χ1n) is 8.87. The molecule has 3 rings (SSSR count). The van der Waals surface area contributed by atoms with Gasteiger partial charge in [-0.25, -0.2) is 8.42 Å². The van der Waals surface area contributed by atoms with Crippen molar-refractivity contribution < 1.29 is 13.2 Å². The quantitative estimate of drug-likeness (QED) is 0.846. The fraction of sp³-hybridized carbons (Fsp3) is 0.350. The maximum Gasteiger partial charge on any atom is 0.251 e. The van der Waals surface area contributed by atoms with Crippen molar-refractivity contribution in [1.29, 1.82) is 0 Å². The van der Waals surface area contributed by atoms with Crippen molar-refractivity contribution in [1.82, 2.24) is 10.6 Å². The molecule has 0 aliphatic carbocycles. The first-order chi connectivity index (χ1) is 12.5. The molecule has 2 aromatic carbocycles. The van der Waals surface area contributed by atoms with Gasteiger partial charge >= 0.3 is 0 Å². The summed E-state index contributed by atoms with van der Waals surface area (Å²) in [7, 11) is -3.51. The van der Waals surface area contributed by atoms with Crippen molar-refractivity contribution in [3.05, 3.63) is 65.7 Å². The lowest BCUT2D eigenvalue weighted by molar-refractivity contribution is 0.0919. The molecule has 2 unspecified atom stereocenters. The number of carbonyl (C=O) groups excluding carboxylic acids is 1. The van der Waals surface area contributed by atoms with E-state index in [1.165, 1.54) is 6.07 Å². The zero-order valence-electron chi connectivity index (χ0n) is 14.8. The summed E-state index contributed by atoms with van der Waals surface area (Å²) in [5, 5.41) is 6.36. The van der Waals surface area contributed by atoms with Crippen LogP contribution in [0.5, 0.6) is 0 Å². The number of piperidine rings is 1. The molecule has 138 valence electrons. The number of hydrogen-bond donors (Lipinski definition) is 2. The van der Waals surface area contributed by atoms with E-state index in [1.807, 2.05) is 25.1 Å². The van der Waals surface area contributed by atoms with Crippen molar-refractivity contribution in [2.75, 3.05) is 6.54 Å². The Balaban J connectivity index is 1.76. The van der Waals surface area contributed by atoms with Gasteiger partial charge in [-0.15, -0.1) is 0 Å². The van der Waals surface area contributed by atoms with Crippen LogP contribution in [0.4, 0.5) is 0 Å². The summed E-state index contributed by atoms with van der Waals surface area (Å²) in [5.74, 6) is -0.315. The van der Waals surface area contributed by atoms with Crippen LogP contribution in [0, 0.1) is 0 Å². The minimum atomic E-state index is -3.51. The Morgan fingerprint density at radius 2 is 1.92 bits per heavy atom. The number of amides is 1. The largest absolute Gasteiger partial charge is 0.348 e. The minimum absolute atomic E-state index is 0.0563. The van der Waals surface area contributed by atoms with Crippen molar-refractivity contribution >= 4 is 15.7 Å². The van der Waals surface area contributed by atoms with Crippen molar-refractivity contribution in [2.24, 2.45) is 0 Å². The fourth-order valence-electron chi connectivity index (χ4n) is 3.20. The molecule has 0 spiro atoms. The third kappa shape index (κ3) is 4.51. The van der Waals surface area contributed by atoms with E-state index in [2.05, 4.69) is 10.6 Å². The lowest BCUT2D eigenvalue weighted by atomic mass is 9.99. The third-order valence-electron chi connectivity index (χ3n) is 4.73. The molecule has 1 amide bonds. The highest BCUT2D eigenvalue weighted by atomic mass is 32.2. The minimum Gasteiger partial charge on any atom is -0.348 e. The summed E-state index contributed by atoms with van der Waals surface area (Å²) in [6.45, 7) is 3.01. The van der Waals surface area contributed by atoms with Crippen LogP contribution >= 0.6 is 0 Å². The fourth-order valence-corrected chi connectivity index (χ4v) is 4.59. The van der Waals surface area contributed by atoms with Gasteiger partial charge in [0.15, 0.2) is 9.84 Å². The Kier molecular flexibility index (Phi) is 5.74. The zero-order chi connectivity index (χ0) is 18.6. The standard InChI is InChI=1S/C20H24N2O3S/c1-15-19(11-6-12-21-15)22-20(23)17-9-5-10-18(13-17)26(24,25)14-16-7-3-2-4-8-16/h2-5,7-10,13,15,19,21H,6,11-12,14H2,1H3,(H,22,23). The average Bonchev–Trinajstić information content (AvgIpc) is 2.64. The molecule has 0 radical (unpaired) electrons. The van der Waals surface area contributed by atoms with Gasteiger partial charge in [0.25, 0.3) is 5.91 Å². The van der Waals surface area contributed by atoms with E-state index >= 15 is 0 Å². The van der Waals surface area contributed by atoms with Gasteiger partial charge in [0.2, 0.25) is 0 Å². The molecule has 1 saturated heterocycles. The molecular formula is C20H24N2O3S. The van der Waals surface area contributed by atoms with E-state index in [-0.39, 0.29) is 28.6 Å². The summed E-state index contributed by atoms with van der Waals surface area (Å²) >= 11 is 0. The van der Waals surface area contributed by atoms with Crippen LogP contribution in [-0.2, 0) is 15.6 Å². The molecule has 1 fully saturated rings. The van der Waals surface area contributed by atoms with E-state index in [9.17, 15) is 13.2 Å². The number of sulfone groups is 1. The predicted octanol–water partition coefficient (Wildman–Crippen LogP) is 2.53. The molecule has 6 heteroatoms. The molecule has 0 saturated carbocycles. The maximum atomic E-state index is 12.7. The summed E-state index contributed by atoms with van der Waals surface area (Å²) in [4.78, 5) is 12.7. The summed E-state index contributed by atoms with van der Waals surface area (Å²) in [5.41, 5.74) is 1.10. The second kappa shape index (κ2) is 8.01. The highest BCUT2D eigenvalue weighted by Crippen LogP contribution is 2.18. The van der Waals surface area contributed by atoms with E-state index in [0.717, 1.165) is 24.9 Å². The van der Waals surface area contributed by atoms with Gasteiger partial charge in [-0.05, 0) is 50.1 Å². The highest BCUT2D eigenvalue weighted by Gasteiger charge is 2.23. The molecule has 0 aromatic heterocycles. The lowest BCUT2D eigenvalue weighted by Crippen LogP contribution is -2.51. The molecular weight excluding hydrogens is 348 g/mol. The lowest BCUT2D eigenvalue weighted by Gasteiger charge is -2.30. The van der Waals surface area contributed by atoms with E-state index in [4.69, 9.17) is 0 Å². The second-order valence-electron chi connectivity index (χ2n) is 6.74. The highest BCUT2D eigenvalue weighted by molar-refractivity contribution is 7.90. The second-order valence-corrected chi connectivity index (χ2v) is 8.73. The Hall–Kier alpha value is -2.18. The van der Waals surface area contributed by atoms with Gasteiger partial charge in [0, 0.05) is 17.6 Å². The number of carbonyl (C=O) groups is 1. The van der Waals surface area contributed by atoms with Gasteiger partial charge in [0.05, 0.1) is 10.6 Å². The summed E-state index contributed by atoms with van der Waals surface area (Å²) in [6, 6.07) is 15.6. The van der Waals surface area contributed by atoms with Crippen LogP contribution in [0.1, 0.15) is 35.7 Å². The topological polar surface area (TPSA) is 75.3 Å². The number of benzene rings is 2. The van der Waals surface area contributed by atoms with Crippen LogP contribution in [0.2, 0.25) is 0 Å². The monoisotopic (exact) mass is 372 g/mol. The van der Waals surface area contributed by atoms with Gasteiger partial charge in [-0.1, -0.05) is 36.4 Å². The summed E-state index contributed by atoms with van der Waals surface area (Å²) < 4.78 is 25.4. The molecule has 2 N–H and O–H groups in total. The van der Waals surface area contributed by atoms with E-state index in [0.29, 0.717) is 5.56 Å². The van der Waals surface area contributed by atoms with E-state index < -0.39 is 9.84 Å². The van der Waals surface area contributed by atoms with Gasteiger partial charge in [-0.2, -0.15) is 0 Å². The molecule has 1 aliphatic heterocycles. The SMILES string of the molecule is CC1NCCCC1NC(=O)c1cccc(S(=O)(=O)Cc2ccccc2)c1. The average molecular weight is 372 g/mol. The Labute approximate surface area is 154 Å². The Morgan fingerprint density at radius 3 is 2.65 bits per heavy atom. The first-order valence-corrected chi connectivity index (χ1v) is 10.5. The Bertz CT molecular complexity index is 866. The smallest absolute Gasteiger partial charge is 0.251 e. The van der Waals surface area contributed by atoms with Crippen molar-refractivity contribution in [2.45, 2.75) is 42.5 Å². The van der Waals surface area contributed by atoms with Crippen LogP contribution in [-0.4, -0.2) is 33.0 Å². The first kappa shape index (κ1) is 18.6. The van der Waals surface area contributed by atoms with Crippen LogP contribution < -0.4 is 10.6 Å². The number of nitrogens with one attached hydrogen (secondary N) is 2. The molecule has 26 heavy (non-hydrogen) atoms. The van der Waals surface area contributed by atoms with Crippen molar-refractivity contribution in [3.63, 3.8) is 0 Å². The molecule has 2 atom stereocenters. The zero-order valence-corrected chi connectivity index (χ0v) is 15.6. The molecule has 0 bridgehead atoms. The van der Waals surface area contributed by atoms with E-state index in [1.54, 1.807) is 30.3 Å². The number of hydrogen-bond acceptors (Lipinski definition) is 4. The van der Waals surface area contributed by atoms with Crippen LogP contribution in [0.15, 0.2) is 59.5 Å². The molecule has 1 heterocycles. The van der Waals surface area contributed by atoms with Crippen LogP contribution in [0.3, 0.4) is 0 Å². The predicted molar refractivity (Wildman–Crippen MR) is 102 cm³/mol. The molecule has 2 aromatic rings. The van der Waals surface area contributed by atoms with Gasteiger partial charge in [0.1, 0.15) is 0 Å². The number of rotatable bonds is 5. The van der Waals surface area contributed by atoms with Crippen molar-refractivity contribution in [3.8, 4) is 0 Å². The Morgan fingerprint density at radius 1 is 1.15 bits per heavy atom.